The molecule has 0 fully saturated rings. The second-order valence-corrected chi connectivity index (χ2v) is 9.59. The summed E-state index contributed by atoms with van der Waals surface area (Å²) in [6.07, 6.45) is -1.45. The van der Waals surface area contributed by atoms with Crippen LogP contribution in [0.15, 0.2) is 27.7 Å². The molecule has 0 radical (unpaired) electrons. The lowest BCUT2D eigenvalue weighted by Gasteiger charge is -2.22. The predicted octanol–water partition coefficient (Wildman–Crippen LogP) is 4.96. The number of carbonyl (C=O) groups excluding carboxylic acids is 2. The molecule has 0 spiro atoms. The van der Waals surface area contributed by atoms with Crippen molar-refractivity contribution in [2.75, 3.05) is 0 Å². The zero-order valence-corrected chi connectivity index (χ0v) is 20.0. The average Bonchev–Trinajstić information content (AvgIpc) is 2.44. The fourth-order valence-electron chi connectivity index (χ4n) is 1.75. The Hall–Kier alpha value is -1.36. The molecule has 1 aromatic carbocycles. The number of rotatable bonds is 2. The van der Waals surface area contributed by atoms with Crippen LogP contribution >= 0.6 is 38.5 Å². The molecule has 0 aliphatic carbocycles. The highest BCUT2D eigenvalue weighted by atomic mass is 127. The van der Waals surface area contributed by atoms with E-state index in [1.165, 1.54) is 0 Å². The van der Waals surface area contributed by atoms with E-state index in [0.29, 0.717) is 0 Å². The Bertz CT molecular complexity index is 692. The van der Waals surface area contributed by atoms with Gasteiger partial charge in [-0.05, 0) is 91.7 Å². The third kappa shape index (κ3) is 9.94. The normalized spacial score (nSPS) is 11.4. The van der Waals surface area contributed by atoms with E-state index in [1.54, 1.807) is 41.5 Å². The van der Waals surface area contributed by atoms with E-state index in [9.17, 15) is 9.59 Å². The van der Waals surface area contributed by atoms with Gasteiger partial charge < -0.3 is 9.47 Å². The van der Waals surface area contributed by atoms with Gasteiger partial charge in [-0.3, -0.25) is 10.6 Å². The summed E-state index contributed by atoms with van der Waals surface area (Å²) < 4.78 is 12.4. The molecular formula is C18H25BrIN3O4. The first-order chi connectivity index (χ1) is 12.3. The highest BCUT2D eigenvalue weighted by Gasteiger charge is 2.21. The number of hydrogen-bond donors (Lipinski definition) is 2. The maximum absolute atomic E-state index is 12.1. The van der Waals surface area contributed by atoms with Gasteiger partial charge in [0.05, 0.1) is 6.54 Å². The summed E-state index contributed by atoms with van der Waals surface area (Å²) in [5.74, 6) is -0.0516. The smallest absolute Gasteiger partial charge is 0.414 e. The van der Waals surface area contributed by atoms with Crippen LogP contribution in [0.1, 0.15) is 47.1 Å². The molecule has 0 aliphatic heterocycles. The Kier molecular flexibility index (Phi) is 8.52. The summed E-state index contributed by atoms with van der Waals surface area (Å²) in [7, 11) is 0. The number of guanidine groups is 1. The van der Waals surface area contributed by atoms with Gasteiger partial charge in [-0.2, -0.15) is 0 Å². The third-order valence-electron chi connectivity index (χ3n) is 2.68. The molecule has 27 heavy (non-hydrogen) atoms. The van der Waals surface area contributed by atoms with E-state index in [1.807, 2.05) is 18.2 Å². The molecule has 0 saturated carbocycles. The Morgan fingerprint density at radius 3 is 1.96 bits per heavy atom. The van der Waals surface area contributed by atoms with Gasteiger partial charge in [0.15, 0.2) is 0 Å². The molecule has 1 aromatic rings. The Morgan fingerprint density at radius 1 is 1.04 bits per heavy atom. The first-order valence-electron chi connectivity index (χ1n) is 8.24. The molecule has 1 rings (SSSR count). The molecule has 0 aromatic heterocycles. The lowest BCUT2D eigenvalue weighted by Crippen LogP contribution is -2.47. The van der Waals surface area contributed by atoms with E-state index >= 15 is 0 Å². The van der Waals surface area contributed by atoms with Crippen LogP contribution in [-0.4, -0.2) is 29.3 Å². The van der Waals surface area contributed by atoms with Crippen LogP contribution in [0.3, 0.4) is 0 Å². The van der Waals surface area contributed by atoms with Crippen LogP contribution in [0, 0.1) is 3.57 Å². The first kappa shape index (κ1) is 23.7. The van der Waals surface area contributed by atoms with E-state index in [4.69, 9.17) is 9.47 Å². The van der Waals surface area contributed by atoms with Crippen molar-refractivity contribution in [3.8, 4) is 0 Å². The number of halogens is 2. The number of nitrogens with one attached hydrogen (secondary N) is 2. The van der Waals surface area contributed by atoms with Gasteiger partial charge in [0, 0.05) is 8.04 Å². The first-order valence-corrected chi connectivity index (χ1v) is 10.1. The van der Waals surface area contributed by atoms with Crippen molar-refractivity contribution in [1.82, 2.24) is 10.6 Å². The fourth-order valence-corrected chi connectivity index (χ4v) is 2.69. The molecule has 0 atom stereocenters. The largest absolute Gasteiger partial charge is 0.444 e. The summed E-state index contributed by atoms with van der Waals surface area (Å²) in [4.78, 5) is 28.4. The maximum Gasteiger partial charge on any atom is 0.414 e. The highest BCUT2D eigenvalue weighted by molar-refractivity contribution is 14.1. The predicted molar refractivity (Wildman–Crippen MR) is 117 cm³/mol. The van der Waals surface area contributed by atoms with E-state index in [-0.39, 0.29) is 12.5 Å². The van der Waals surface area contributed by atoms with Crippen LogP contribution in [-0.2, 0) is 16.0 Å². The van der Waals surface area contributed by atoms with Crippen molar-refractivity contribution in [2.45, 2.75) is 59.3 Å². The summed E-state index contributed by atoms with van der Waals surface area (Å²) in [5.41, 5.74) is -0.462. The number of hydrogen-bond acceptors (Lipinski definition) is 5. The average molecular weight is 554 g/mol. The van der Waals surface area contributed by atoms with Crippen molar-refractivity contribution in [1.29, 1.82) is 0 Å². The minimum Gasteiger partial charge on any atom is -0.444 e. The van der Waals surface area contributed by atoms with Crippen molar-refractivity contribution < 1.29 is 19.1 Å². The zero-order chi connectivity index (χ0) is 20.8. The molecular weight excluding hydrogens is 529 g/mol. The number of benzene rings is 1. The zero-order valence-electron chi connectivity index (χ0n) is 16.3. The number of aliphatic imine (C=N–C) groups is 1. The molecule has 0 saturated heterocycles. The van der Waals surface area contributed by atoms with Crippen LogP contribution < -0.4 is 10.6 Å². The fraction of sp³-hybridized carbons (Fsp3) is 0.500. The van der Waals surface area contributed by atoms with Gasteiger partial charge in [-0.1, -0.05) is 12.1 Å². The Balaban J connectivity index is 2.96. The summed E-state index contributed by atoms with van der Waals surface area (Å²) in [5, 5.41) is 4.91. The Labute approximate surface area is 181 Å². The van der Waals surface area contributed by atoms with Crippen molar-refractivity contribution >= 4 is 56.7 Å². The standard InChI is InChI=1S/C18H25BrIN3O4/c1-17(2,3)26-15(24)22-14(23-16(25)27-18(4,5)6)21-10-11-8-7-9-12(20)13(11)19/h7-9H,10H2,1-6H3,(H2,21,22,23,24,25). The molecule has 0 bridgehead atoms. The molecule has 2 amide bonds. The number of alkyl carbamates (subject to hydrolysis) is 2. The topological polar surface area (TPSA) is 89.0 Å². The van der Waals surface area contributed by atoms with Gasteiger partial charge >= 0.3 is 12.2 Å². The number of ether oxygens (including phenoxy) is 2. The quantitative estimate of drug-likeness (QED) is 0.308. The van der Waals surface area contributed by atoms with E-state index in [2.05, 4.69) is 54.1 Å². The van der Waals surface area contributed by atoms with Gasteiger partial charge in [-0.15, -0.1) is 0 Å². The van der Waals surface area contributed by atoms with E-state index < -0.39 is 23.4 Å². The summed E-state index contributed by atoms with van der Waals surface area (Å²) >= 11 is 5.71. The minimum atomic E-state index is -0.723. The lowest BCUT2D eigenvalue weighted by atomic mass is 10.2. The summed E-state index contributed by atoms with van der Waals surface area (Å²) in [6, 6.07) is 5.75. The van der Waals surface area contributed by atoms with Gasteiger partial charge in [0.25, 0.3) is 0 Å². The third-order valence-corrected chi connectivity index (χ3v) is 5.25. The molecule has 0 aliphatic rings. The molecule has 0 unspecified atom stereocenters. The van der Waals surface area contributed by atoms with Crippen LogP contribution in [0.2, 0.25) is 0 Å². The summed E-state index contributed by atoms with van der Waals surface area (Å²) in [6.45, 7) is 10.7. The van der Waals surface area contributed by atoms with E-state index in [0.717, 1.165) is 13.6 Å². The SMILES string of the molecule is CC(C)(C)OC(=O)NC(=NCc1cccc(I)c1Br)NC(=O)OC(C)(C)C. The van der Waals surface area contributed by atoms with Crippen molar-refractivity contribution in [3.05, 3.63) is 31.8 Å². The van der Waals surface area contributed by atoms with Crippen molar-refractivity contribution in [2.24, 2.45) is 4.99 Å². The van der Waals surface area contributed by atoms with Crippen molar-refractivity contribution in [3.63, 3.8) is 0 Å². The lowest BCUT2D eigenvalue weighted by molar-refractivity contribution is 0.0545. The molecule has 9 heteroatoms. The highest BCUT2D eigenvalue weighted by Crippen LogP contribution is 2.23. The molecule has 0 heterocycles. The second kappa shape index (κ2) is 9.72. The molecule has 7 nitrogen and oxygen atoms in total. The Morgan fingerprint density at radius 2 is 1.52 bits per heavy atom. The van der Waals surface area contributed by atoms with Crippen LogP contribution in [0.5, 0.6) is 0 Å². The second-order valence-electron chi connectivity index (χ2n) is 7.63. The molecule has 150 valence electrons. The monoisotopic (exact) mass is 553 g/mol. The minimum absolute atomic E-state index is 0.0516. The van der Waals surface area contributed by atoms with Crippen LogP contribution in [0.25, 0.3) is 0 Å². The van der Waals surface area contributed by atoms with Gasteiger partial charge in [0.1, 0.15) is 11.2 Å². The molecule has 2 N–H and O–H groups in total. The number of amides is 2. The van der Waals surface area contributed by atoms with Gasteiger partial charge in [0.2, 0.25) is 5.96 Å². The van der Waals surface area contributed by atoms with Gasteiger partial charge in [-0.25, -0.2) is 14.6 Å². The maximum atomic E-state index is 12.1. The number of carbonyl (C=O) groups is 2. The van der Waals surface area contributed by atoms with Crippen LogP contribution in [0.4, 0.5) is 9.59 Å². The number of nitrogens with zero attached hydrogens (tertiary/aromatic N) is 1.